The maximum Gasteiger partial charge on any atom is 0.258 e. The molecule has 0 unspecified atom stereocenters. The monoisotopic (exact) mass is 408 g/mol. The quantitative estimate of drug-likeness (QED) is 0.423. The first-order valence-corrected chi connectivity index (χ1v) is 11.4. The Hall–Kier alpha value is -2.61. The Balaban J connectivity index is 2.32. The van der Waals surface area contributed by atoms with Crippen molar-refractivity contribution in [3.63, 3.8) is 0 Å². The highest BCUT2D eigenvalue weighted by molar-refractivity contribution is 5.63. The zero-order valence-corrected chi connectivity index (χ0v) is 19.1. The highest BCUT2D eigenvalue weighted by atomic mass is 16.1. The number of nitriles is 1. The van der Waals surface area contributed by atoms with E-state index in [1.165, 1.54) is 44.6 Å². The summed E-state index contributed by atoms with van der Waals surface area (Å²) in [6, 6.07) is 9.65. The molecular formula is C25H36N4O. The van der Waals surface area contributed by atoms with Gasteiger partial charge in [-0.05, 0) is 44.9 Å². The molecule has 1 heterocycles. The van der Waals surface area contributed by atoms with Gasteiger partial charge in [-0.2, -0.15) is 5.26 Å². The summed E-state index contributed by atoms with van der Waals surface area (Å²) in [6.45, 7) is 10.0. The van der Waals surface area contributed by atoms with Crippen LogP contribution in [0, 0.1) is 25.2 Å². The Kier molecular flexibility index (Phi) is 9.60. The second kappa shape index (κ2) is 12.2. The molecule has 2 aromatic rings. The van der Waals surface area contributed by atoms with E-state index in [4.69, 9.17) is 0 Å². The average Bonchev–Trinajstić information content (AvgIpc) is 2.72. The number of aromatic nitrogens is 2. The van der Waals surface area contributed by atoms with Crippen molar-refractivity contribution < 1.29 is 0 Å². The summed E-state index contributed by atoms with van der Waals surface area (Å²) in [4.78, 5) is 19.3. The van der Waals surface area contributed by atoms with Crippen molar-refractivity contribution in [2.24, 2.45) is 0 Å². The lowest BCUT2D eigenvalue weighted by molar-refractivity contribution is 0.608. The lowest BCUT2D eigenvalue weighted by Crippen LogP contribution is -2.27. The van der Waals surface area contributed by atoms with Gasteiger partial charge < -0.3 is 4.90 Å². The van der Waals surface area contributed by atoms with E-state index in [1.807, 2.05) is 32.0 Å². The maximum atomic E-state index is 12.5. The van der Waals surface area contributed by atoms with E-state index in [9.17, 15) is 10.1 Å². The topological polar surface area (TPSA) is 61.9 Å². The molecule has 162 valence electrons. The highest BCUT2D eigenvalue weighted by Gasteiger charge is 2.14. The fraction of sp³-hybridized carbons (Fsp3) is 0.560. The van der Waals surface area contributed by atoms with E-state index in [-0.39, 0.29) is 5.56 Å². The smallest absolute Gasteiger partial charge is 0.258 e. The number of nitrogens with zero attached hydrogens (tertiary/aromatic N) is 4. The fourth-order valence-corrected chi connectivity index (χ4v) is 3.89. The van der Waals surface area contributed by atoms with Crippen LogP contribution in [0.4, 0.5) is 5.69 Å². The van der Waals surface area contributed by atoms with Gasteiger partial charge in [0.15, 0.2) is 0 Å². The molecule has 0 aliphatic heterocycles. The molecule has 0 aliphatic rings. The van der Waals surface area contributed by atoms with Gasteiger partial charge in [0, 0.05) is 24.8 Å². The van der Waals surface area contributed by atoms with Crippen LogP contribution >= 0.6 is 0 Å². The second-order valence-electron chi connectivity index (χ2n) is 8.04. The van der Waals surface area contributed by atoms with Gasteiger partial charge in [0.25, 0.3) is 5.56 Å². The van der Waals surface area contributed by atoms with Crippen molar-refractivity contribution in [2.75, 3.05) is 18.0 Å². The Morgan fingerprint density at radius 3 is 2.13 bits per heavy atom. The first-order chi connectivity index (χ1) is 14.5. The number of rotatable bonds is 12. The van der Waals surface area contributed by atoms with Crippen LogP contribution in [0.1, 0.15) is 82.3 Å². The van der Waals surface area contributed by atoms with Crippen LogP contribution in [0.5, 0.6) is 0 Å². The Morgan fingerprint density at radius 2 is 1.60 bits per heavy atom. The third kappa shape index (κ3) is 6.45. The number of hydrogen-bond acceptors (Lipinski definition) is 4. The van der Waals surface area contributed by atoms with Gasteiger partial charge in [0.1, 0.15) is 11.9 Å². The van der Waals surface area contributed by atoms with Crippen molar-refractivity contribution in [2.45, 2.75) is 79.1 Å². The molecule has 0 fully saturated rings. The predicted molar refractivity (Wildman–Crippen MR) is 125 cm³/mol. The third-order valence-electron chi connectivity index (χ3n) is 5.48. The van der Waals surface area contributed by atoms with Gasteiger partial charge in [-0.15, -0.1) is 0 Å². The first-order valence-electron chi connectivity index (χ1n) is 11.4. The molecule has 30 heavy (non-hydrogen) atoms. The normalized spacial score (nSPS) is 10.8. The molecule has 0 aliphatic carbocycles. The molecule has 2 rings (SSSR count). The summed E-state index contributed by atoms with van der Waals surface area (Å²) in [6.07, 6.45) is 9.62. The van der Waals surface area contributed by atoms with Crippen LogP contribution < -0.4 is 10.5 Å². The average molecular weight is 409 g/mol. The largest absolute Gasteiger partial charge is 0.370 e. The van der Waals surface area contributed by atoms with Crippen LogP contribution in [0.2, 0.25) is 0 Å². The highest BCUT2D eigenvalue weighted by Crippen LogP contribution is 2.25. The molecule has 0 saturated carbocycles. The molecule has 5 nitrogen and oxygen atoms in total. The number of benzene rings is 1. The van der Waals surface area contributed by atoms with Gasteiger partial charge in [-0.1, -0.05) is 52.4 Å². The second-order valence-corrected chi connectivity index (χ2v) is 8.04. The minimum atomic E-state index is -0.118. The molecule has 5 heteroatoms. The van der Waals surface area contributed by atoms with E-state index in [1.54, 1.807) is 4.57 Å². The summed E-state index contributed by atoms with van der Waals surface area (Å²) < 4.78 is 1.57. The molecule has 1 aromatic heterocycles. The lowest BCUT2D eigenvalue weighted by atomic mass is 10.1. The van der Waals surface area contributed by atoms with E-state index < -0.39 is 0 Å². The molecule has 0 spiro atoms. The number of hydrogen-bond donors (Lipinski definition) is 0. The summed E-state index contributed by atoms with van der Waals surface area (Å²) in [5.74, 6) is 0.632. The minimum Gasteiger partial charge on any atom is -0.370 e. The SMILES string of the molecule is CCCCCCN(CCCCCC)c1ccc(-n2c(C)nc(C)cc2=O)cc1C#N. The van der Waals surface area contributed by atoms with Crippen LogP contribution in [0.25, 0.3) is 5.69 Å². The van der Waals surface area contributed by atoms with Crippen LogP contribution in [0.15, 0.2) is 29.1 Å². The summed E-state index contributed by atoms with van der Waals surface area (Å²) >= 11 is 0. The molecule has 0 N–H and O–H groups in total. The summed E-state index contributed by atoms with van der Waals surface area (Å²) in [5, 5.41) is 9.86. The van der Waals surface area contributed by atoms with Crippen LogP contribution in [-0.2, 0) is 0 Å². The molecule has 1 aromatic carbocycles. The van der Waals surface area contributed by atoms with Crippen molar-refractivity contribution in [3.8, 4) is 11.8 Å². The number of anilines is 1. The van der Waals surface area contributed by atoms with Crippen molar-refractivity contribution in [3.05, 3.63) is 51.7 Å². The molecule has 0 saturated heterocycles. The predicted octanol–water partition coefficient (Wildman–Crippen LogP) is 5.69. The Labute approximate surface area is 181 Å². The molecule has 0 amide bonds. The molecule has 0 radical (unpaired) electrons. The number of aryl methyl sites for hydroxylation is 2. The third-order valence-corrected chi connectivity index (χ3v) is 5.48. The van der Waals surface area contributed by atoms with Crippen LogP contribution in [-0.4, -0.2) is 22.6 Å². The van der Waals surface area contributed by atoms with Gasteiger partial charge >= 0.3 is 0 Å². The van der Waals surface area contributed by atoms with Gasteiger partial charge in [-0.25, -0.2) is 4.98 Å². The summed E-state index contributed by atoms with van der Waals surface area (Å²) in [7, 11) is 0. The van der Waals surface area contributed by atoms with Crippen molar-refractivity contribution in [1.29, 1.82) is 5.26 Å². The standard InChI is InChI=1S/C25H36N4O/c1-5-7-9-11-15-28(16-12-10-8-6-2)24-14-13-23(18-22(24)19-26)29-21(4)27-20(3)17-25(29)30/h13-14,17-18H,5-12,15-16H2,1-4H3. The van der Waals surface area contributed by atoms with E-state index in [0.717, 1.165) is 31.6 Å². The van der Waals surface area contributed by atoms with Gasteiger partial charge in [0.05, 0.1) is 16.9 Å². The molecule has 0 bridgehead atoms. The van der Waals surface area contributed by atoms with Crippen molar-refractivity contribution >= 4 is 5.69 Å². The zero-order chi connectivity index (χ0) is 21.9. The lowest BCUT2D eigenvalue weighted by Gasteiger charge is -2.26. The van der Waals surface area contributed by atoms with Crippen LogP contribution in [0.3, 0.4) is 0 Å². The zero-order valence-electron chi connectivity index (χ0n) is 19.1. The number of unbranched alkanes of at least 4 members (excludes halogenated alkanes) is 6. The fourth-order valence-electron chi connectivity index (χ4n) is 3.89. The van der Waals surface area contributed by atoms with E-state index in [0.29, 0.717) is 22.8 Å². The Morgan fingerprint density at radius 1 is 0.967 bits per heavy atom. The van der Waals surface area contributed by atoms with E-state index >= 15 is 0 Å². The van der Waals surface area contributed by atoms with E-state index in [2.05, 4.69) is 29.8 Å². The molecule has 0 atom stereocenters. The minimum absolute atomic E-state index is 0.118. The molecular weight excluding hydrogens is 372 g/mol. The first kappa shape index (κ1) is 23.7. The maximum absolute atomic E-state index is 12.5. The Bertz CT molecular complexity index is 898. The van der Waals surface area contributed by atoms with Crippen molar-refractivity contribution in [1.82, 2.24) is 9.55 Å². The van der Waals surface area contributed by atoms with Gasteiger partial charge in [-0.3, -0.25) is 9.36 Å². The summed E-state index contributed by atoms with van der Waals surface area (Å²) in [5.41, 5.74) is 2.87. The van der Waals surface area contributed by atoms with Gasteiger partial charge in [0.2, 0.25) is 0 Å².